The monoisotopic (exact) mass is 450 g/mol. The lowest BCUT2D eigenvalue weighted by molar-refractivity contribution is 0.102. The van der Waals surface area contributed by atoms with Gasteiger partial charge in [0.15, 0.2) is 0 Å². The van der Waals surface area contributed by atoms with Crippen molar-refractivity contribution in [1.82, 2.24) is 4.31 Å². The average molecular weight is 451 g/mol. The summed E-state index contributed by atoms with van der Waals surface area (Å²) in [7, 11) is -3.63. The van der Waals surface area contributed by atoms with E-state index in [0.717, 1.165) is 24.3 Å². The third kappa shape index (κ3) is 4.42. The molecule has 2 aliphatic heterocycles. The number of benzene rings is 2. The van der Waals surface area contributed by atoms with Gasteiger partial charge in [0.1, 0.15) is 5.75 Å². The molecule has 154 valence electrons. The highest BCUT2D eigenvalue weighted by Gasteiger charge is 2.28. The zero-order chi connectivity index (χ0) is 20.4. The third-order valence-electron chi connectivity index (χ3n) is 4.99. The number of sulfonamides is 1. The number of amides is 1. The van der Waals surface area contributed by atoms with Crippen LogP contribution in [0.25, 0.3) is 0 Å². The molecule has 29 heavy (non-hydrogen) atoms. The first-order valence-corrected chi connectivity index (χ1v) is 13.0. The Balaban J connectivity index is 1.52. The Morgan fingerprint density at radius 1 is 1.03 bits per heavy atom. The summed E-state index contributed by atoms with van der Waals surface area (Å²) in [6.07, 6.45) is 1.68. The van der Waals surface area contributed by atoms with Gasteiger partial charge in [0, 0.05) is 30.2 Å². The summed E-state index contributed by atoms with van der Waals surface area (Å²) >= 11 is 3.79. The second kappa shape index (κ2) is 8.59. The van der Waals surface area contributed by atoms with E-state index in [0.29, 0.717) is 23.2 Å². The summed E-state index contributed by atoms with van der Waals surface area (Å²) in [5, 5.41) is 12.8. The first-order chi connectivity index (χ1) is 13.9. The third-order valence-corrected chi connectivity index (χ3v) is 9.98. The standard InChI is InChI=1S/C20H22N2O4S3/c23-18-8-7-16(29(25,26)22-9-1-2-10-22)13-17(18)21-19(24)14-3-5-15(6-4-14)20-27-11-12-28-20/h3-8,13,20,23H,1-2,9-12H2,(H,21,24). The summed E-state index contributed by atoms with van der Waals surface area (Å²) in [6.45, 7) is 0.990. The number of carbonyl (C=O) groups excluding carboxylic acids is 1. The Morgan fingerprint density at radius 2 is 1.69 bits per heavy atom. The normalized spacial score (nSPS) is 18.2. The molecule has 0 atom stereocenters. The van der Waals surface area contributed by atoms with Crippen molar-refractivity contribution in [3.8, 4) is 5.75 Å². The van der Waals surface area contributed by atoms with Crippen molar-refractivity contribution in [2.24, 2.45) is 0 Å². The van der Waals surface area contributed by atoms with E-state index >= 15 is 0 Å². The van der Waals surface area contributed by atoms with Gasteiger partial charge in [-0.25, -0.2) is 8.42 Å². The van der Waals surface area contributed by atoms with Crippen molar-refractivity contribution in [3.63, 3.8) is 0 Å². The number of hydrogen-bond donors (Lipinski definition) is 2. The van der Waals surface area contributed by atoms with E-state index in [2.05, 4.69) is 5.32 Å². The summed E-state index contributed by atoms with van der Waals surface area (Å²) in [5.41, 5.74) is 1.71. The molecule has 1 amide bonds. The maximum Gasteiger partial charge on any atom is 0.255 e. The van der Waals surface area contributed by atoms with Crippen LogP contribution in [0.2, 0.25) is 0 Å². The first-order valence-electron chi connectivity index (χ1n) is 9.43. The van der Waals surface area contributed by atoms with Crippen LogP contribution in [-0.4, -0.2) is 48.3 Å². The van der Waals surface area contributed by atoms with Gasteiger partial charge in [-0.3, -0.25) is 4.79 Å². The fraction of sp³-hybridized carbons (Fsp3) is 0.350. The Kier molecular flexibility index (Phi) is 6.10. The second-order valence-electron chi connectivity index (χ2n) is 6.94. The molecule has 2 saturated heterocycles. The summed E-state index contributed by atoms with van der Waals surface area (Å²) < 4.78 is 27.3. The number of phenolic OH excluding ortho intramolecular Hbond substituents is 1. The molecule has 2 aromatic carbocycles. The molecule has 9 heteroatoms. The van der Waals surface area contributed by atoms with Crippen LogP contribution in [0.4, 0.5) is 5.69 Å². The number of hydrogen-bond acceptors (Lipinski definition) is 6. The zero-order valence-electron chi connectivity index (χ0n) is 15.7. The van der Waals surface area contributed by atoms with Gasteiger partial charge in [-0.05, 0) is 48.7 Å². The summed E-state index contributed by atoms with van der Waals surface area (Å²) in [6, 6.07) is 11.4. The Labute approximate surface area is 179 Å². The van der Waals surface area contributed by atoms with Crippen LogP contribution in [0.1, 0.15) is 33.3 Å². The van der Waals surface area contributed by atoms with Gasteiger partial charge in [-0.15, -0.1) is 23.5 Å². The van der Waals surface area contributed by atoms with Crippen molar-refractivity contribution < 1.29 is 18.3 Å². The van der Waals surface area contributed by atoms with Crippen molar-refractivity contribution >= 4 is 45.1 Å². The number of rotatable bonds is 5. The lowest BCUT2D eigenvalue weighted by Crippen LogP contribution is -2.28. The minimum Gasteiger partial charge on any atom is -0.506 e. The molecule has 0 spiro atoms. The van der Waals surface area contributed by atoms with E-state index in [4.69, 9.17) is 0 Å². The van der Waals surface area contributed by atoms with Crippen molar-refractivity contribution in [3.05, 3.63) is 53.6 Å². The van der Waals surface area contributed by atoms with Crippen LogP contribution in [0, 0.1) is 0 Å². The Hall–Kier alpha value is -1.68. The molecule has 0 unspecified atom stereocenters. The number of nitrogens with zero attached hydrogens (tertiary/aromatic N) is 1. The largest absolute Gasteiger partial charge is 0.506 e. The van der Waals surface area contributed by atoms with Crippen LogP contribution in [0.15, 0.2) is 47.4 Å². The molecule has 0 bridgehead atoms. The topological polar surface area (TPSA) is 86.7 Å². The minimum absolute atomic E-state index is 0.0677. The number of carbonyl (C=O) groups is 1. The summed E-state index contributed by atoms with van der Waals surface area (Å²) in [5.74, 6) is 1.70. The van der Waals surface area contributed by atoms with Gasteiger partial charge >= 0.3 is 0 Å². The molecule has 2 aliphatic rings. The Bertz CT molecular complexity index is 997. The highest BCUT2D eigenvalue weighted by atomic mass is 32.2. The smallest absolute Gasteiger partial charge is 0.255 e. The van der Waals surface area contributed by atoms with E-state index in [1.54, 1.807) is 12.1 Å². The maximum atomic E-state index is 12.7. The lowest BCUT2D eigenvalue weighted by atomic mass is 10.1. The van der Waals surface area contributed by atoms with Gasteiger partial charge in [0.05, 0.1) is 15.2 Å². The first kappa shape index (κ1) is 20.6. The van der Waals surface area contributed by atoms with E-state index < -0.39 is 15.9 Å². The van der Waals surface area contributed by atoms with Gasteiger partial charge in [0.25, 0.3) is 5.91 Å². The van der Waals surface area contributed by atoms with Crippen molar-refractivity contribution in [2.45, 2.75) is 22.3 Å². The van der Waals surface area contributed by atoms with E-state index in [1.807, 2.05) is 35.7 Å². The number of nitrogens with one attached hydrogen (secondary N) is 1. The highest BCUT2D eigenvalue weighted by molar-refractivity contribution is 8.19. The van der Waals surface area contributed by atoms with E-state index in [1.165, 1.54) is 28.1 Å². The number of phenols is 1. The maximum absolute atomic E-state index is 12.7. The van der Waals surface area contributed by atoms with Gasteiger partial charge in [0.2, 0.25) is 10.0 Å². The van der Waals surface area contributed by atoms with E-state index in [9.17, 15) is 18.3 Å². The van der Waals surface area contributed by atoms with Crippen LogP contribution in [0.3, 0.4) is 0 Å². The Morgan fingerprint density at radius 3 is 2.34 bits per heavy atom. The SMILES string of the molecule is O=C(Nc1cc(S(=O)(=O)N2CCCC2)ccc1O)c1ccc(C2SCCS2)cc1. The molecule has 0 saturated carbocycles. The predicted octanol–water partition coefficient (Wildman–Crippen LogP) is 3.91. The number of anilines is 1. The van der Waals surface area contributed by atoms with Crippen LogP contribution >= 0.6 is 23.5 Å². The quantitative estimate of drug-likeness (QED) is 0.672. The van der Waals surface area contributed by atoms with Crippen molar-refractivity contribution in [2.75, 3.05) is 29.9 Å². The molecular formula is C20H22N2O4S3. The molecule has 2 N–H and O–H groups in total. The molecule has 0 radical (unpaired) electrons. The van der Waals surface area contributed by atoms with Crippen LogP contribution in [0.5, 0.6) is 5.75 Å². The molecule has 2 aromatic rings. The molecular weight excluding hydrogens is 428 g/mol. The molecule has 4 rings (SSSR count). The number of thioether (sulfide) groups is 2. The predicted molar refractivity (Wildman–Crippen MR) is 118 cm³/mol. The molecule has 0 aliphatic carbocycles. The highest BCUT2D eigenvalue weighted by Crippen LogP contribution is 2.45. The lowest BCUT2D eigenvalue weighted by Gasteiger charge is -2.17. The van der Waals surface area contributed by atoms with Crippen LogP contribution in [-0.2, 0) is 10.0 Å². The second-order valence-corrected chi connectivity index (χ2v) is 11.6. The fourth-order valence-electron chi connectivity index (χ4n) is 3.39. The zero-order valence-corrected chi connectivity index (χ0v) is 18.2. The fourth-order valence-corrected chi connectivity index (χ4v) is 7.79. The molecule has 2 heterocycles. The van der Waals surface area contributed by atoms with E-state index in [-0.39, 0.29) is 16.3 Å². The summed E-state index contributed by atoms with van der Waals surface area (Å²) in [4.78, 5) is 12.7. The molecule has 6 nitrogen and oxygen atoms in total. The molecule has 0 aromatic heterocycles. The van der Waals surface area contributed by atoms with Gasteiger partial charge in [-0.1, -0.05) is 12.1 Å². The van der Waals surface area contributed by atoms with Gasteiger partial charge in [-0.2, -0.15) is 4.31 Å². The molecule has 2 fully saturated rings. The average Bonchev–Trinajstić information content (AvgIpc) is 3.44. The van der Waals surface area contributed by atoms with Crippen molar-refractivity contribution in [1.29, 1.82) is 0 Å². The van der Waals surface area contributed by atoms with Gasteiger partial charge < -0.3 is 10.4 Å². The van der Waals surface area contributed by atoms with Crippen LogP contribution < -0.4 is 5.32 Å². The number of aromatic hydroxyl groups is 1. The minimum atomic E-state index is -3.63.